The van der Waals surface area contributed by atoms with E-state index in [0.29, 0.717) is 17.0 Å². The first-order valence-corrected chi connectivity index (χ1v) is 12.5. The predicted octanol–water partition coefficient (Wildman–Crippen LogP) is 2.12. The van der Waals surface area contributed by atoms with Gasteiger partial charge < -0.3 is 15.4 Å². The largest absolute Gasteiger partial charge is 0.379 e. The van der Waals surface area contributed by atoms with Gasteiger partial charge in [0.1, 0.15) is 11.4 Å². The second-order valence-electron chi connectivity index (χ2n) is 9.45. The van der Waals surface area contributed by atoms with Crippen molar-refractivity contribution in [3.63, 3.8) is 0 Å². The molecule has 36 heavy (non-hydrogen) atoms. The number of fused-ring (bicyclic) bond motifs is 1. The van der Waals surface area contributed by atoms with Crippen molar-refractivity contribution in [3.05, 3.63) is 59.8 Å². The summed E-state index contributed by atoms with van der Waals surface area (Å²) in [4.78, 5) is 15.3. The highest BCUT2D eigenvalue weighted by atomic mass is 16.5. The Bertz CT molecular complexity index is 1330. The number of amides is 1. The average molecular weight is 487 g/mol. The molecule has 4 aromatic rings. The molecule has 0 spiro atoms. The fourth-order valence-electron chi connectivity index (χ4n) is 4.86. The van der Waals surface area contributed by atoms with Crippen molar-refractivity contribution in [2.24, 2.45) is 0 Å². The van der Waals surface area contributed by atoms with Crippen LogP contribution in [0.25, 0.3) is 28.0 Å². The molecule has 2 aliphatic rings. The summed E-state index contributed by atoms with van der Waals surface area (Å²) in [6, 6.07) is 14.1. The highest BCUT2D eigenvalue weighted by Crippen LogP contribution is 2.26. The number of carbonyl (C=O) groups is 1. The molecule has 1 unspecified atom stereocenters. The maximum absolute atomic E-state index is 12.9. The van der Waals surface area contributed by atoms with Crippen LogP contribution in [0.15, 0.2) is 48.7 Å². The van der Waals surface area contributed by atoms with Gasteiger partial charge in [-0.25, -0.2) is 4.68 Å². The lowest BCUT2D eigenvalue weighted by atomic mass is 10.1. The van der Waals surface area contributed by atoms with Gasteiger partial charge in [0.15, 0.2) is 0 Å². The van der Waals surface area contributed by atoms with E-state index in [0.717, 1.165) is 75.4 Å². The molecule has 1 atom stereocenters. The van der Waals surface area contributed by atoms with Crippen molar-refractivity contribution in [2.45, 2.75) is 25.4 Å². The monoisotopic (exact) mass is 486 g/mol. The summed E-state index contributed by atoms with van der Waals surface area (Å²) < 4.78 is 7.18. The number of hydrogen-bond donors (Lipinski definition) is 3. The van der Waals surface area contributed by atoms with Crippen LogP contribution < -0.4 is 10.6 Å². The van der Waals surface area contributed by atoms with E-state index < -0.39 is 0 Å². The van der Waals surface area contributed by atoms with Crippen LogP contribution in [0.4, 0.5) is 0 Å². The maximum Gasteiger partial charge on any atom is 0.251 e. The molecular weight excluding hydrogens is 456 g/mol. The number of rotatable bonds is 6. The van der Waals surface area contributed by atoms with E-state index in [1.54, 1.807) is 4.68 Å². The molecule has 3 N–H and O–H groups in total. The van der Waals surface area contributed by atoms with E-state index in [-0.39, 0.29) is 11.9 Å². The van der Waals surface area contributed by atoms with Crippen LogP contribution in [0.3, 0.4) is 0 Å². The van der Waals surface area contributed by atoms with Gasteiger partial charge in [0.2, 0.25) is 0 Å². The second kappa shape index (κ2) is 10.2. The Morgan fingerprint density at radius 1 is 1.14 bits per heavy atom. The number of piperidine rings is 1. The highest BCUT2D eigenvalue weighted by Gasteiger charge is 2.19. The predicted molar refractivity (Wildman–Crippen MR) is 136 cm³/mol. The molecule has 1 amide bonds. The number of aromatic nitrogens is 5. The first kappa shape index (κ1) is 22.8. The van der Waals surface area contributed by atoms with Crippen LogP contribution in [-0.4, -0.2) is 81.4 Å². The van der Waals surface area contributed by atoms with Gasteiger partial charge in [-0.1, -0.05) is 17.3 Å². The van der Waals surface area contributed by atoms with Crippen LogP contribution in [-0.2, 0) is 11.3 Å². The van der Waals surface area contributed by atoms with Crippen molar-refractivity contribution in [1.29, 1.82) is 0 Å². The van der Waals surface area contributed by atoms with Crippen LogP contribution in [0.1, 0.15) is 28.8 Å². The average Bonchev–Trinajstić information content (AvgIpc) is 3.57. The third-order valence-corrected chi connectivity index (χ3v) is 6.90. The smallest absolute Gasteiger partial charge is 0.251 e. The Morgan fingerprint density at radius 3 is 2.81 bits per heavy atom. The Kier molecular flexibility index (Phi) is 6.46. The Balaban J connectivity index is 1.19. The summed E-state index contributed by atoms with van der Waals surface area (Å²) in [5.74, 6) is -0.0708. The van der Waals surface area contributed by atoms with E-state index in [9.17, 15) is 4.79 Å². The summed E-state index contributed by atoms with van der Waals surface area (Å²) >= 11 is 0. The van der Waals surface area contributed by atoms with Crippen LogP contribution >= 0.6 is 0 Å². The first-order chi connectivity index (χ1) is 17.7. The zero-order chi connectivity index (χ0) is 24.3. The van der Waals surface area contributed by atoms with Crippen LogP contribution in [0.5, 0.6) is 0 Å². The van der Waals surface area contributed by atoms with Crippen molar-refractivity contribution in [2.75, 3.05) is 39.4 Å². The molecule has 4 heterocycles. The summed E-state index contributed by atoms with van der Waals surface area (Å²) in [6.45, 7) is 6.26. The molecule has 0 bridgehead atoms. The zero-order valence-electron chi connectivity index (χ0n) is 20.1. The van der Waals surface area contributed by atoms with E-state index in [4.69, 9.17) is 4.74 Å². The molecular formula is C26H30N8O2. The number of carbonyl (C=O) groups excluding carboxylic acids is 1. The molecule has 2 aliphatic heterocycles. The van der Waals surface area contributed by atoms with Crippen molar-refractivity contribution in [3.8, 4) is 17.1 Å². The van der Waals surface area contributed by atoms with Gasteiger partial charge in [-0.05, 0) is 55.3 Å². The maximum atomic E-state index is 12.9. The lowest BCUT2D eigenvalue weighted by molar-refractivity contribution is 0.0342. The molecule has 186 valence electrons. The quantitative estimate of drug-likeness (QED) is 0.383. The number of hydrogen-bond acceptors (Lipinski definition) is 7. The number of aromatic amines is 1. The third-order valence-electron chi connectivity index (χ3n) is 6.90. The number of H-pyrrole nitrogens is 1. The number of benzene rings is 2. The van der Waals surface area contributed by atoms with E-state index in [2.05, 4.69) is 60.3 Å². The fraction of sp³-hybridized carbons (Fsp3) is 0.385. The minimum Gasteiger partial charge on any atom is -0.379 e. The van der Waals surface area contributed by atoms with Crippen molar-refractivity contribution >= 4 is 16.8 Å². The number of ether oxygens (including phenoxy) is 1. The van der Waals surface area contributed by atoms with Crippen molar-refractivity contribution in [1.82, 2.24) is 40.7 Å². The SMILES string of the molecule is O=C(NC1CCCNC1)c1ccc2[nH]nc(-c3cn(-c4ccc(CN5CCOCC5)cc4)nn3)c2c1. The van der Waals surface area contributed by atoms with Gasteiger partial charge in [-0.15, -0.1) is 5.10 Å². The molecule has 2 aromatic heterocycles. The van der Waals surface area contributed by atoms with Gasteiger partial charge in [-0.3, -0.25) is 14.8 Å². The number of nitrogens with zero attached hydrogens (tertiary/aromatic N) is 5. The van der Waals surface area contributed by atoms with Gasteiger partial charge in [0, 0.05) is 43.2 Å². The van der Waals surface area contributed by atoms with Crippen molar-refractivity contribution < 1.29 is 9.53 Å². The summed E-state index contributed by atoms with van der Waals surface area (Å²) in [5, 5.41) is 23.5. The normalized spacial score (nSPS) is 18.9. The first-order valence-electron chi connectivity index (χ1n) is 12.5. The molecule has 0 saturated carbocycles. The molecule has 0 aliphatic carbocycles. The Morgan fingerprint density at radius 2 is 2.00 bits per heavy atom. The molecule has 2 fully saturated rings. The van der Waals surface area contributed by atoms with Crippen LogP contribution in [0.2, 0.25) is 0 Å². The molecule has 0 radical (unpaired) electrons. The van der Waals surface area contributed by atoms with Gasteiger partial charge in [0.25, 0.3) is 5.91 Å². The van der Waals surface area contributed by atoms with E-state index in [1.165, 1.54) is 5.56 Å². The van der Waals surface area contributed by atoms with E-state index in [1.807, 2.05) is 24.4 Å². The third kappa shape index (κ3) is 4.88. The lowest BCUT2D eigenvalue weighted by Crippen LogP contribution is -2.45. The van der Waals surface area contributed by atoms with Gasteiger partial charge >= 0.3 is 0 Å². The summed E-state index contributed by atoms with van der Waals surface area (Å²) in [7, 11) is 0. The van der Waals surface area contributed by atoms with Crippen LogP contribution in [0, 0.1) is 0 Å². The zero-order valence-corrected chi connectivity index (χ0v) is 20.1. The minimum absolute atomic E-state index is 0.0708. The molecule has 6 rings (SSSR count). The second-order valence-corrected chi connectivity index (χ2v) is 9.45. The van der Waals surface area contributed by atoms with Gasteiger partial charge in [0.05, 0.1) is 30.6 Å². The van der Waals surface area contributed by atoms with Gasteiger partial charge in [-0.2, -0.15) is 5.10 Å². The topological polar surface area (TPSA) is 113 Å². The Hall–Kier alpha value is -3.60. The summed E-state index contributed by atoms with van der Waals surface area (Å²) in [6.07, 6.45) is 3.93. The summed E-state index contributed by atoms with van der Waals surface area (Å²) in [5.41, 5.74) is 4.97. The molecule has 2 aromatic carbocycles. The lowest BCUT2D eigenvalue weighted by Gasteiger charge is -2.26. The van der Waals surface area contributed by atoms with E-state index >= 15 is 0 Å². The molecule has 10 nitrogen and oxygen atoms in total. The standard InChI is InChI=1S/C26H30N8O2/c35-26(28-20-2-1-9-27-15-20)19-5-8-23-22(14-19)25(31-29-23)24-17-34(32-30-24)21-6-3-18(4-7-21)16-33-10-12-36-13-11-33/h3-8,14,17,20,27H,1-2,9-13,15-16H2,(H,28,35)(H,29,31). The molecule has 2 saturated heterocycles. The highest BCUT2D eigenvalue weighted by molar-refractivity contribution is 6.01. The number of nitrogens with one attached hydrogen (secondary N) is 3. The molecule has 10 heteroatoms. The Labute approximate surface area is 209 Å². The number of morpholine rings is 1. The minimum atomic E-state index is -0.0708. The fourth-order valence-corrected chi connectivity index (χ4v) is 4.86.